The molecule has 30 heavy (non-hydrogen) atoms. The first-order chi connectivity index (χ1) is 14.3. The number of nitrogens with zero attached hydrogens (tertiary/aromatic N) is 3. The molecule has 1 aromatic heterocycles. The van der Waals surface area contributed by atoms with E-state index in [-0.39, 0.29) is 23.7 Å². The first-order valence-corrected chi connectivity index (χ1v) is 9.81. The molecule has 7 heteroatoms. The zero-order valence-corrected chi connectivity index (χ0v) is 16.7. The monoisotopic (exact) mass is 405 g/mol. The number of nitriles is 1. The van der Waals surface area contributed by atoms with Gasteiger partial charge in [0.25, 0.3) is 5.56 Å². The topological polar surface area (TPSA) is 83.2 Å². The van der Waals surface area contributed by atoms with Crippen LogP contribution < -0.4 is 10.6 Å². The van der Waals surface area contributed by atoms with E-state index >= 15 is 0 Å². The number of carbonyl (C=O) groups is 2. The van der Waals surface area contributed by atoms with Crippen molar-refractivity contribution in [2.24, 2.45) is 0 Å². The number of amides is 1. The van der Waals surface area contributed by atoms with Gasteiger partial charge < -0.3 is 0 Å². The molecule has 0 bridgehead atoms. The lowest BCUT2D eigenvalue weighted by molar-refractivity contribution is -0.121. The van der Waals surface area contributed by atoms with Crippen molar-refractivity contribution in [3.05, 3.63) is 80.2 Å². The van der Waals surface area contributed by atoms with Crippen molar-refractivity contribution in [3.63, 3.8) is 0 Å². The highest BCUT2D eigenvalue weighted by molar-refractivity contribution is 6.04. The highest BCUT2D eigenvalue weighted by atomic mass is 19.1. The molecule has 0 fully saturated rings. The largest absolute Gasteiger partial charge is 0.294 e. The minimum atomic E-state index is -0.576. The van der Waals surface area contributed by atoms with Gasteiger partial charge in [-0.25, -0.2) is 14.1 Å². The SMILES string of the molecule is Cc1cc(C)n(N2C(=O)C[C@H](c3ccc(F)cc3)C3=C2CCCC3=O)c(=O)c1C#N. The number of hydrogen-bond acceptors (Lipinski definition) is 4. The molecule has 4 rings (SSSR count). The van der Waals surface area contributed by atoms with Gasteiger partial charge in [-0.2, -0.15) is 5.26 Å². The molecule has 0 saturated heterocycles. The number of pyridine rings is 1. The van der Waals surface area contributed by atoms with Crippen LogP contribution in [0.15, 0.2) is 46.4 Å². The molecule has 152 valence electrons. The van der Waals surface area contributed by atoms with Crippen molar-refractivity contribution < 1.29 is 14.0 Å². The molecule has 2 heterocycles. The Morgan fingerprint density at radius 1 is 1.10 bits per heavy atom. The Hall–Kier alpha value is -3.53. The van der Waals surface area contributed by atoms with Gasteiger partial charge in [0.2, 0.25) is 5.91 Å². The predicted molar refractivity (Wildman–Crippen MR) is 108 cm³/mol. The Morgan fingerprint density at radius 3 is 2.47 bits per heavy atom. The van der Waals surface area contributed by atoms with Crippen LogP contribution in [0.1, 0.15) is 54.0 Å². The quantitative estimate of drug-likeness (QED) is 0.769. The lowest BCUT2D eigenvalue weighted by atomic mass is 9.77. The number of halogens is 1. The predicted octanol–water partition coefficient (Wildman–Crippen LogP) is 3.14. The molecular formula is C23H20FN3O3. The summed E-state index contributed by atoms with van der Waals surface area (Å²) in [5, 5.41) is 10.7. The minimum absolute atomic E-state index is 0.0160. The summed E-state index contributed by atoms with van der Waals surface area (Å²) >= 11 is 0. The summed E-state index contributed by atoms with van der Waals surface area (Å²) in [6.45, 7) is 3.37. The second-order valence-corrected chi connectivity index (χ2v) is 7.72. The molecule has 1 aliphatic heterocycles. The summed E-state index contributed by atoms with van der Waals surface area (Å²) in [7, 11) is 0. The van der Waals surface area contributed by atoms with Crippen LogP contribution >= 0.6 is 0 Å². The van der Waals surface area contributed by atoms with Gasteiger partial charge in [-0.1, -0.05) is 12.1 Å². The summed E-state index contributed by atoms with van der Waals surface area (Å²) in [5.74, 6) is -1.27. The number of Topliss-reactive ketones (excluding diaryl/α,β-unsaturated/α-hetero) is 1. The van der Waals surface area contributed by atoms with Crippen LogP contribution in [0.5, 0.6) is 0 Å². The Bertz CT molecular complexity index is 1200. The number of aromatic nitrogens is 1. The molecular weight excluding hydrogens is 385 g/mol. The molecule has 0 spiro atoms. The van der Waals surface area contributed by atoms with E-state index in [2.05, 4.69) is 0 Å². The normalized spacial score (nSPS) is 19.0. The molecule has 6 nitrogen and oxygen atoms in total. The van der Waals surface area contributed by atoms with E-state index in [0.29, 0.717) is 47.4 Å². The molecule has 1 aliphatic carbocycles. The summed E-state index contributed by atoms with van der Waals surface area (Å²) < 4.78 is 14.6. The summed E-state index contributed by atoms with van der Waals surface area (Å²) in [4.78, 5) is 39.2. The van der Waals surface area contributed by atoms with Gasteiger partial charge in [0, 0.05) is 30.0 Å². The van der Waals surface area contributed by atoms with Gasteiger partial charge >= 0.3 is 0 Å². The van der Waals surface area contributed by atoms with E-state index in [4.69, 9.17) is 0 Å². The smallest absolute Gasteiger partial charge is 0.288 e. The highest BCUT2D eigenvalue weighted by Gasteiger charge is 2.40. The van der Waals surface area contributed by atoms with Crippen LogP contribution in [0, 0.1) is 31.0 Å². The first-order valence-electron chi connectivity index (χ1n) is 9.81. The van der Waals surface area contributed by atoms with Gasteiger partial charge in [-0.05, 0) is 56.0 Å². The molecule has 0 N–H and O–H groups in total. The number of aryl methyl sites for hydroxylation is 2. The first kappa shape index (κ1) is 19.8. The average Bonchev–Trinajstić information content (AvgIpc) is 2.70. The third-order valence-electron chi connectivity index (χ3n) is 5.79. The van der Waals surface area contributed by atoms with Crippen molar-refractivity contribution in [1.82, 2.24) is 4.68 Å². The Balaban J connectivity index is 1.95. The van der Waals surface area contributed by atoms with Crippen LogP contribution in [0.2, 0.25) is 0 Å². The average molecular weight is 405 g/mol. The summed E-state index contributed by atoms with van der Waals surface area (Å²) in [5.41, 5.74) is 2.13. The molecule has 1 atom stereocenters. The lowest BCUT2D eigenvalue weighted by Crippen LogP contribution is -2.52. The van der Waals surface area contributed by atoms with E-state index in [1.165, 1.54) is 21.8 Å². The van der Waals surface area contributed by atoms with E-state index < -0.39 is 17.3 Å². The number of rotatable bonds is 2. The van der Waals surface area contributed by atoms with Gasteiger partial charge in [-0.15, -0.1) is 0 Å². The number of allylic oxidation sites excluding steroid dienone is 2. The molecule has 0 radical (unpaired) electrons. The van der Waals surface area contributed by atoms with E-state index in [0.717, 1.165) is 0 Å². The van der Waals surface area contributed by atoms with Gasteiger partial charge in [0.1, 0.15) is 17.4 Å². The number of benzene rings is 1. The second-order valence-electron chi connectivity index (χ2n) is 7.72. The Kier molecular flexibility index (Phi) is 4.86. The zero-order valence-electron chi connectivity index (χ0n) is 16.7. The van der Waals surface area contributed by atoms with Crippen LogP contribution in [0.3, 0.4) is 0 Å². The number of hydrogen-bond donors (Lipinski definition) is 0. The maximum absolute atomic E-state index is 13.4. The molecule has 1 aromatic carbocycles. The fourth-order valence-electron chi connectivity index (χ4n) is 4.45. The van der Waals surface area contributed by atoms with Crippen LogP contribution in [0.25, 0.3) is 0 Å². The van der Waals surface area contributed by atoms with Crippen LogP contribution in [-0.2, 0) is 9.59 Å². The van der Waals surface area contributed by atoms with Gasteiger partial charge in [-0.3, -0.25) is 14.4 Å². The standard InChI is InChI=1S/C23H20FN3O3/c1-13-10-14(2)26(23(30)18(13)12-25)27-19-4-3-5-20(28)22(19)17(11-21(27)29)15-6-8-16(24)9-7-15/h6-10,17H,3-5,11H2,1-2H3/t17-/m1/s1. The van der Waals surface area contributed by atoms with E-state index in [1.54, 1.807) is 32.0 Å². The van der Waals surface area contributed by atoms with Crippen molar-refractivity contribution in [1.29, 1.82) is 5.26 Å². The molecule has 0 saturated carbocycles. The van der Waals surface area contributed by atoms with Crippen molar-refractivity contribution in [3.8, 4) is 6.07 Å². The van der Waals surface area contributed by atoms with Crippen LogP contribution in [-0.4, -0.2) is 16.4 Å². The van der Waals surface area contributed by atoms with E-state index in [1.807, 2.05) is 6.07 Å². The van der Waals surface area contributed by atoms with Gasteiger partial charge in [0.15, 0.2) is 5.78 Å². The Labute approximate surface area is 172 Å². The zero-order chi connectivity index (χ0) is 21.6. The fraction of sp³-hybridized carbons (Fsp3) is 0.304. The molecule has 0 unspecified atom stereocenters. The van der Waals surface area contributed by atoms with Crippen molar-refractivity contribution in [2.75, 3.05) is 5.01 Å². The fourth-order valence-corrected chi connectivity index (χ4v) is 4.45. The molecule has 2 aliphatic rings. The lowest BCUT2D eigenvalue weighted by Gasteiger charge is -2.39. The van der Waals surface area contributed by atoms with Crippen molar-refractivity contribution >= 4 is 11.7 Å². The Morgan fingerprint density at radius 2 is 1.80 bits per heavy atom. The third kappa shape index (κ3) is 3.05. The number of ketones is 1. The molecule has 2 aromatic rings. The highest BCUT2D eigenvalue weighted by Crippen LogP contribution is 2.41. The van der Waals surface area contributed by atoms with Gasteiger partial charge in [0.05, 0.1) is 5.70 Å². The number of carbonyl (C=O) groups excluding carboxylic acids is 2. The van der Waals surface area contributed by atoms with Crippen molar-refractivity contribution in [2.45, 2.75) is 45.4 Å². The van der Waals surface area contributed by atoms with Crippen LogP contribution in [0.4, 0.5) is 4.39 Å². The minimum Gasteiger partial charge on any atom is -0.294 e. The maximum Gasteiger partial charge on any atom is 0.288 e. The van der Waals surface area contributed by atoms with E-state index in [9.17, 15) is 24.0 Å². The molecule has 1 amide bonds. The maximum atomic E-state index is 13.4. The third-order valence-corrected chi connectivity index (χ3v) is 5.79. The summed E-state index contributed by atoms with van der Waals surface area (Å²) in [6, 6.07) is 9.41. The summed E-state index contributed by atoms with van der Waals surface area (Å²) in [6.07, 6.45) is 1.39. The second kappa shape index (κ2) is 7.38.